The highest BCUT2D eigenvalue weighted by Crippen LogP contribution is 2.66. The van der Waals surface area contributed by atoms with Crippen molar-refractivity contribution >= 4 is 5.78 Å². The highest BCUT2D eigenvalue weighted by molar-refractivity contribution is 5.90. The lowest BCUT2D eigenvalue weighted by Gasteiger charge is -2.65. The number of hydrogen-bond acceptors (Lipinski definition) is 5. The molecule has 138 valence electrons. The van der Waals surface area contributed by atoms with Crippen molar-refractivity contribution in [1.82, 2.24) is 4.90 Å². The van der Waals surface area contributed by atoms with Crippen LogP contribution in [0.5, 0.6) is 11.5 Å². The number of ketones is 1. The number of phenolic OH excluding ortho intramolecular Hbond substituents is 1. The Balaban J connectivity index is 1.61. The largest absolute Gasteiger partial charge is 0.504 e. The molecule has 5 nitrogen and oxygen atoms in total. The number of ether oxygens (including phenoxy) is 1. The normalized spacial score (nSPS) is 43.2. The fraction of sp³-hybridized carbons (Fsp3) is 0.667. The van der Waals surface area contributed by atoms with E-state index < -0.39 is 17.1 Å². The van der Waals surface area contributed by atoms with Crippen LogP contribution in [0.3, 0.4) is 0 Å². The Kier molecular flexibility index (Phi) is 2.75. The SMILES string of the molecule is CC1CN(CC2CC2)[C@@H]2Cc3ccc(O)c4c3[C@]13[C@@H](O4)C(=O)CC[C@@]23O. The van der Waals surface area contributed by atoms with Crippen LogP contribution in [-0.4, -0.2) is 51.7 Å². The van der Waals surface area contributed by atoms with Crippen molar-refractivity contribution in [3.05, 3.63) is 23.3 Å². The summed E-state index contributed by atoms with van der Waals surface area (Å²) in [5.74, 6) is 1.46. The predicted octanol–water partition coefficient (Wildman–Crippen LogP) is 1.77. The summed E-state index contributed by atoms with van der Waals surface area (Å²) in [5.41, 5.74) is 0.378. The van der Waals surface area contributed by atoms with Gasteiger partial charge in [0.1, 0.15) is 0 Å². The van der Waals surface area contributed by atoms with Crippen molar-refractivity contribution in [2.24, 2.45) is 11.8 Å². The zero-order valence-corrected chi connectivity index (χ0v) is 15.1. The van der Waals surface area contributed by atoms with Crippen LogP contribution in [0.15, 0.2) is 12.1 Å². The van der Waals surface area contributed by atoms with Crippen molar-refractivity contribution in [3.63, 3.8) is 0 Å². The highest BCUT2D eigenvalue weighted by Gasteiger charge is 2.75. The van der Waals surface area contributed by atoms with E-state index in [0.29, 0.717) is 18.6 Å². The molecule has 5 atom stereocenters. The molecular formula is C21H25NO4. The molecule has 1 saturated heterocycles. The number of likely N-dealkylation sites (tertiary alicyclic amines) is 1. The van der Waals surface area contributed by atoms with Crippen molar-refractivity contribution in [3.8, 4) is 11.5 Å². The van der Waals surface area contributed by atoms with E-state index in [1.165, 1.54) is 12.8 Å². The molecule has 26 heavy (non-hydrogen) atoms. The molecule has 6 rings (SSSR count). The highest BCUT2D eigenvalue weighted by atomic mass is 16.5. The number of nitrogens with zero attached hydrogens (tertiary/aromatic N) is 1. The first-order valence-electron chi connectivity index (χ1n) is 9.98. The maximum absolute atomic E-state index is 12.9. The van der Waals surface area contributed by atoms with E-state index in [-0.39, 0.29) is 23.5 Å². The number of piperidine rings is 1. The van der Waals surface area contributed by atoms with E-state index in [9.17, 15) is 15.0 Å². The fourth-order valence-electron chi connectivity index (χ4n) is 6.75. The summed E-state index contributed by atoms with van der Waals surface area (Å²) in [4.78, 5) is 15.4. The maximum atomic E-state index is 12.9. The van der Waals surface area contributed by atoms with Crippen LogP contribution in [0.4, 0.5) is 0 Å². The second-order valence-electron chi connectivity index (χ2n) is 9.22. The van der Waals surface area contributed by atoms with Crippen LogP contribution in [-0.2, 0) is 16.6 Å². The Morgan fingerprint density at radius 1 is 1.35 bits per heavy atom. The summed E-state index contributed by atoms with van der Waals surface area (Å²) >= 11 is 0. The minimum absolute atomic E-state index is 0.0292. The van der Waals surface area contributed by atoms with Gasteiger partial charge in [0.2, 0.25) is 0 Å². The molecule has 5 heteroatoms. The van der Waals surface area contributed by atoms with Crippen LogP contribution in [0.2, 0.25) is 0 Å². The molecular weight excluding hydrogens is 330 g/mol. The molecule has 2 heterocycles. The summed E-state index contributed by atoms with van der Waals surface area (Å²) in [7, 11) is 0. The Morgan fingerprint density at radius 2 is 2.15 bits per heavy atom. The van der Waals surface area contributed by atoms with Crippen LogP contribution >= 0.6 is 0 Å². The topological polar surface area (TPSA) is 70.0 Å². The van der Waals surface area contributed by atoms with Gasteiger partial charge in [-0.1, -0.05) is 13.0 Å². The van der Waals surface area contributed by atoms with Gasteiger partial charge in [-0.2, -0.15) is 0 Å². The number of hydrogen-bond donors (Lipinski definition) is 2. The van der Waals surface area contributed by atoms with Gasteiger partial charge in [-0.25, -0.2) is 0 Å². The number of aliphatic hydroxyl groups is 1. The summed E-state index contributed by atoms with van der Waals surface area (Å²) < 4.78 is 6.11. The summed E-state index contributed by atoms with van der Waals surface area (Å²) in [6.07, 6.45) is 3.54. The summed E-state index contributed by atoms with van der Waals surface area (Å²) in [6.45, 7) is 4.09. The molecule has 0 amide bonds. The standard InChI is InChI=1S/C21H25NO4/c1-11-9-22(10-12-2-3-12)16-8-13-4-5-14(23)18-17(13)21(11)19(26-18)15(24)6-7-20(16,21)25/h4-5,11-12,16,19,23,25H,2-3,6-10H2,1H3/t11?,16-,19+,20-,21+/m1/s1. The molecule has 1 aromatic carbocycles. The number of carbonyl (C=O) groups is 1. The second kappa shape index (κ2) is 4.63. The molecule has 2 aliphatic heterocycles. The molecule has 2 N–H and O–H groups in total. The second-order valence-corrected chi connectivity index (χ2v) is 9.22. The number of Topliss-reactive ketones (excluding diaryl/α,β-unsaturated/α-hetero) is 1. The molecule has 3 fully saturated rings. The summed E-state index contributed by atoms with van der Waals surface area (Å²) in [6, 6.07) is 3.69. The third-order valence-electron chi connectivity index (χ3n) is 7.93. The third kappa shape index (κ3) is 1.55. The van der Waals surface area contributed by atoms with Gasteiger partial charge in [-0.05, 0) is 49.1 Å². The van der Waals surface area contributed by atoms with Gasteiger partial charge in [0.05, 0.1) is 11.0 Å². The van der Waals surface area contributed by atoms with Crippen LogP contribution < -0.4 is 4.74 Å². The average Bonchev–Trinajstić information content (AvgIpc) is 3.33. The average molecular weight is 355 g/mol. The maximum Gasteiger partial charge on any atom is 0.174 e. The van der Waals surface area contributed by atoms with Gasteiger partial charge >= 0.3 is 0 Å². The number of benzene rings is 1. The number of phenols is 1. The van der Waals surface area contributed by atoms with Crippen LogP contribution in [0.25, 0.3) is 0 Å². The van der Waals surface area contributed by atoms with E-state index in [0.717, 1.165) is 36.6 Å². The van der Waals surface area contributed by atoms with Gasteiger partial charge in [0.15, 0.2) is 23.4 Å². The van der Waals surface area contributed by atoms with E-state index >= 15 is 0 Å². The van der Waals surface area contributed by atoms with E-state index in [1.54, 1.807) is 6.07 Å². The van der Waals surface area contributed by atoms with Crippen LogP contribution in [0.1, 0.15) is 43.7 Å². The monoisotopic (exact) mass is 355 g/mol. The first kappa shape index (κ1) is 15.5. The molecule has 1 aromatic rings. The van der Waals surface area contributed by atoms with E-state index in [2.05, 4.69) is 11.8 Å². The molecule has 2 saturated carbocycles. The summed E-state index contributed by atoms with van der Waals surface area (Å²) in [5, 5.41) is 22.6. The number of rotatable bonds is 2. The fourth-order valence-corrected chi connectivity index (χ4v) is 6.75. The lowest BCUT2D eigenvalue weighted by Crippen LogP contribution is -2.79. The number of carbonyl (C=O) groups excluding carboxylic acids is 1. The van der Waals surface area contributed by atoms with Crippen molar-refractivity contribution in [2.45, 2.75) is 62.2 Å². The molecule has 2 bridgehead atoms. The van der Waals surface area contributed by atoms with Crippen molar-refractivity contribution in [2.75, 3.05) is 13.1 Å². The number of aromatic hydroxyl groups is 1. The smallest absolute Gasteiger partial charge is 0.174 e. The Labute approximate surface area is 152 Å². The predicted molar refractivity (Wildman–Crippen MR) is 94.3 cm³/mol. The van der Waals surface area contributed by atoms with Gasteiger partial charge in [-0.15, -0.1) is 0 Å². The Hall–Kier alpha value is -1.59. The molecule has 1 spiro atoms. The lowest BCUT2D eigenvalue weighted by molar-refractivity contribution is -0.205. The Morgan fingerprint density at radius 3 is 2.92 bits per heavy atom. The van der Waals surface area contributed by atoms with E-state index in [1.807, 2.05) is 6.07 Å². The van der Waals surface area contributed by atoms with Crippen LogP contribution in [0, 0.1) is 11.8 Å². The van der Waals surface area contributed by atoms with Gasteiger partial charge in [0, 0.05) is 31.1 Å². The Bertz CT molecular complexity index is 834. The quantitative estimate of drug-likeness (QED) is 0.846. The zero-order valence-electron chi connectivity index (χ0n) is 15.1. The molecule has 0 aromatic heterocycles. The van der Waals surface area contributed by atoms with Crippen molar-refractivity contribution in [1.29, 1.82) is 0 Å². The minimum atomic E-state index is -0.968. The molecule has 0 radical (unpaired) electrons. The zero-order chi connectivity index (χ0) is 17.8. The molecule has 1 unspecified atom stereocenters. The van der Waals surface area contributed by atoms with Gasteiger partial charge in [0.25, 0.3) is 0 Å². The minimum Gasteiger partial charge on any atom is -0.504 e. The lowest BCUT2D eigenvalue weighted by atomic mass is 9.46. The third-order valence-corrected chi connectivity index (χ3v) is 7.93. The van der Waals surface area contributed by atoms with Gasteiger partial charge in [-0.3, -0.25) is 9.69 Å². The first-order valence-corrected chi connectivity index (χ1v) is 9.98. The van der Waals surface area contributed by atoms with Gasteiger partial charge < -0.3 is 14.9 Å². The first-order chi connectivity index (χ1) is 12.5. The molecule has 3 aliphatic carbocycles. The van der Waals surface area contributed by atoms with E-state index in [4.69, 9.17) is 4.74 Å². The molecule has 5 aliphatic rings. The van der Waals surface area contributed by atoms with Crippen molar-refractivity contribution < 1.29 is 19.7 Å².